The van der Waals surface area contributed by atoms with Crippen LogP contribution in [0.4, 0.5) is 0 Å². The molecule has 9 heteroatoms. The number of carbonyl (C=O) groups excluding carboxylic acids is 3. The molecule has 0 aromatic heterocycles. The number of hydrogen-bond donors (Lipinski definition) is 0. The third-order valence-corrected chi connectivity index (χ3v) is 9.69. The van der Waals surface area contributed by atoms with Crippen molar-refractivity contribution in [3.05, 3.63) is 53.6 Å². The summed E-state index contributed by atoms with van der Waals surface area (Å²) in [4.78, 5) is 43.3. The van der Waals surface area contributed by atoms with Crippen molar-refractivity contribution in [2.24, 2.45) is 11.8 Å². The highest BCUT2D eigenvalue weighted by atomic mass is 16.5. The first-order valence-electron chi connectivity index (χ1n) is 17.0. The van der Waals surface area contributed by atoms with Crippen molar-refractivity contribution < 1.29 is 38.1 Å². The largest absolute Gasteiger partial charge is 0.493 e. The molecule has 1 saturated carbocycles. The summed E-state index contributed by atoms with van der Waals surface area (Å²) < 4.78 is 29.0. The lowest BCUT2D eigenvalue weighted by Crippen LogP contribution is -2.52. The quantitative estimate of drug-likeness (QED) is 0.343. The number of amides is 1. The van der Waals surface area contributed by atoms with E-state index in [0.717, 1.165) is 56.1 Å². The van der Waals surface area contributed by atoms with Crippen LogP contribution in [-0.2, 0) is 30.3 Å². The van der Waals surface area contributed by atoms with Gasteiger partial charge in [0.2, 0.25) is 5.91 Å². The Bertz CT molecular complexity index is 1320. The van der Waals surface area contributed by atoms with Crippen molar-refractivity contribution in [1.29, 1.82) is 0 Å². The van der Waals surface area contributed by atoms with Crippen LogP contribution in [0.1, 0.15) is 87.9 Å². The molecule has 3 atom stereocenters. The molecule has 2 heterocycles. The topological polar surface area (TPSA) is 101 Å². The number of methoxy groups -OCH3 is 2. The smallest absolute Gasteiger partial charge is 0.329 e. The van der Waals surface area contributed by atoms with Crippen molar-refractivity contribution in [2.75, 3.05) is 40.6 Å². The third kappa shape index (κ3) is 8.81. The minimum Gasteiger partial charge on any atom is -0.493 e. The lowest BCUT2D eigenvalue weighted by atomic mass is 9.76. The summed E-state index contributed by atoms with van der Waals surface area (Å²) in [7, 11) is 3.21. The highest BCUT2D eigenvalue weighted by molar-refractivity contribution is 5.90. The first-order chi connectivity index (χ1) is 22.5. The van der Waals surface area contributed by atoms with E-state index in [1.54, 1.807) is 19.1 Å². The lowest BCUT2D eigenvalue weighted by molar-refractivity contribution is -0.164. The number of ether oxygens (including phenoxy) is 5. The van der Waals surface area contributed by atoms with Crippen LogP contribution < -0.4 is 14.2 Å². The molecular formula is C37H49NO8. The van der Waals surface area contributed by atoms with Crippen LogP contribution in [0.25, 0.3) is 0 Å². The van der Waals surface area contributed by atoms with E-state index in [0.29, 0.717) is 62.9 Å². The lowest BCUT2D eigenvalue weighted by Gasteiger charge is -2.39. The van der Waals surface area contributed by atoms with Crippen LogP contribution in [0.5, 0.6) is 17.2 Å². The van der Waals surface area contributed by atoms with Gasteiger partial charge in [0.15, 0.2) is 11.5 Å². The van der Waals surface area contributed by atoms with E-state index >= 15 is 0 Å². The van der Waals surface area contributed by atoms with Gasteiger partial charge in [-0.1, -0.05) is 37.5 Å². The summed E-state index contributed by atoms with van der Waals surface area (Å²) >= 11 is 0. The molecule has 0 unspecified atom stereocenters. The zero-order valence-corrected chi connectivity index (χ0v) is 27.4. The Kier molecular flexibility index (Phi) is 12.3. The maximum absolute atomic E-state index is 14.3. The zero-order chi connectivity index (χ0) is 32.3. The number of fused-ring (bicyclic) bond motifs is 3. The molecule has 2 fully saturated rings. The van der Waals surface area contributed by atoms with Crippen molar-refractivity contribution in [2.45, 2.75) is 89.2 Å². The first kappa shape index (κ1) is 33.8. The Labute approximate surface area is 272 Å². The van der Waals surface area contributed by atoms with E-state index in [-0.39, 0.29) is 36.4 Å². The molecule has 250 valence electrons. The number of cyclic esters (lactones) is 1. The van der Waals surface area contributed by atoms with Gasteiger partial charge in [0.1, 0.15) is 30.3 Å². The molecule has 1 saturated heterocycles. The number of piperidine rings is 1. The fourth-order valence-corrected chi connectivity index (χ4v) is 7.15. The molecule has 3 aliphatic rings. The average Bonchev–Trinajstić information content (AvgIpc) is 3.10. The van der Waals surface area contributed by atoms with Crippen LogP contribution >= 0.6 is 0 Å². The van der Waals surface area contributed by atoms with Crippen molar-refractivity contribution in [3.63, 3.8) is 0 Å². The average molecular weight is 636 g/mol. The highest BCUT2D eigenvalue weighted by Gasteiger charge is 2.40. The molecule has 9 nitrogen and oxygen atoms in total. The van der Waals surface area contributed by atoms with Gasteiger partial charge in [0, 0.05) is 25.3 Å². The number of aryl methyl sites for hydroxylation is 1. The molecule has 2 bridgehead atoms. The highest BCUT2D eigenvalue weighted by Crippen LogP contribution is 2.36. The number of ketones is 1. The molecular weight excluding hydrogens is 586 g/mol. The third-order valence-electron chi connectivity index (χ3n) is 9.69. The standard InChI is InChI=1S/C37H49NO8/c1-42-34-17-15-26(23-35(34)43-2)14-16-33-28-11-8-12-30(24-28)45-22-21-44-20-18-29(39)25-31(27-9-4-3-5-10-27)36(40)38-19-7-6-13-32(38)37(41)46-33/h8,11-12,15,17,23-24,27,31-33H,3-7,9-10,13-14,16,18-22,25H2,1-2H3/t31-,32+,33-/m1/s1. The van der Waals surface area contributed by atoms with E-state index in [9.17, 15) is 14.4 Å². The Hall–Kier alpha value is -3.59. The van der Waals surface area contributed by atoms with Gasteiger partial charge in [-0.25, -0.2) is 4.79 Å². The predicted octanol–water partition coefficient (Wildman–Crippen LogP) is 6.26. The minimum absolute atomic E-state index is 0.0324. The maximum atomic E-state index is 14.3. The minimum atomic E-state index is -0.673. The summed E-state index contributed by atoms with van der Waals surface area (Å²) in [5, 5.41) is 0. The molecule has 0 spiro atoms. The second-order valence-electron chi connectivity index (χ2n) is 12.7. The van der Waals surface area contributed by atoms with Gasteiger partial charge >= 0.3 is 5.97 Å². The monoisotopic (exact) mass is 635 g/mol. The van der Waals surface area contributed by atoms with Crippen molar-refractivity contribution in [3.8, 4) is 17.2 Å². The van der Waals surface area contributed by atoms with Gasteiger partial charge in [-0.2, -0.15) is 0 Å². The number of nitrogens with zero attached hydrogens (tertiary/aromatic N) is 1. The van der Waals surface area contributed by atoms with Gasteiger partial charge in [-0.05, 0) is 86.3 Å². The molecule has 46 heavy (non-hydrogen) atoms. The second kappa shape index (κ2) is 16.8. The van der Waals surface area contributed by atoms with Gasteiger partial charge in [-0.3, -0.25) is 9.59 Å². The fourth-order valence-electron chi connectivity index (χ4n) is 7.15. The predicted molar refractivity (Wildman–Crippen MR) is 173 cm³/mol. The normalized spacial score (nSPS) is 24.2. The number of carbonyl (C=O) groups is 3. The van der Waals surface area contributed by atoms with Gasteiger partial charge in [0.05, 0.1) is 27.4 Å². The summed E-state index contributed by atoms with van der Waals surface area (Å²) in [5.41, 5.74) is 1.85. The summed E-state index contributed by atoms with van der Waals surface area (Å²) in [6.07, 6.45) is 8.43. The van der Waals surface area contributed by atoms with E-state index in [2.05, 4.69) is 0 Å². The van der Waals surface area contributed by atoms with Crippen LogP contribution in [0, 0.1) is 11.8 Å². The summed E-state index contributed by atoms with van der Waals surface area (Å²) in [5.74, 6) is 1.25. The number of rotatable bonds is 6. The molecule has 2 aliphatic heterocycles. The van der Waals surface area contributed by atoms with Gasteiger partial charge in [-0.15, -0.1) is 0 Å². The number of esters is 1. The van der Waals surface area contributed by atoms with E-state index in [4.69, 9.17) is 23.7 Å². The molecule has 0 radical (unpaired) electrons. The first-order valence-corrected chi connectivity index (χ1v) is 17.0. The molecule has 1 aliphatic carbocycles. The number of Topliss-reactive ketones (excluding diaryl/α,β-unsaturated/α-hetero) is 1. The number of benzene rings is 2. The molecule has 2 aromatic carbocycles. The Morgan fingerprint density at radius 2 is 1.65 bits per heavy atom. The van der Waals surface area contributed by atoms with Crippen LogP contribution in [0.15, 0.2) is 42.5 Å². The van der Waals surface area contributed by atoms with Crippen LogP contribution in [0.3, 0.4) is 0 Å². The van der Waals surface area contributed by atoms with Crippen molar-refractivity contribution >= 4 is 17.7 Å². The Morgan fingerprint density at radius 3 is 2.46 bits per heavy atom. The van der Waals surface area contributed by atoms with Crippen LogP contribution in [-0.4, -0.2) is 69.2 Å². The molecule has 5 rings (SSSR count). The molecule has 1 amide bonds. The molecule has 0 N–H and O–H groups in total. The van der Waals surface area contributed by atoms with Gasteiger partial charge in [0.25, 0.3) is 0 Å². The summed E-state index contributed by atoms with van der Waals surface area (Å²) in [6, 6.07) is 12.7. The summed E-state index contributed by atoms with van der Waals surface area (Å²) in [6.45, 7) is 1.47. The second-order valence-corrected chi connectivity index (χ2v) is 12.7. The SMILES string of the molecule is COc1ccc(CC[C@H]2OC(=O)[C@@H]3CCCCN3C(=O)[C@@H](C3CCCCC3)CC(=O)CCOCCOc3cccc2c3)cc1OC. The fraction of sp³-hybridized carbons (Fsp3) is 0.595. The number of hydrogen-bond acceptors (Lipinski definition) is 8. The van der Waals surface area contributed by atoms with E-state index in [1.165, 1.54) is 0 Å². The molecule has 2 aromatic rings. The Morgan fingerprint density at radius 1 is 0.848 bits per heavy atom. The maximum Gasteiger partial charge on any atom is 0.329 e. The van der Waals surface area contributed by atoms with E-state index < -0.39 is 18.1 Å². The van der Waals surface area contributed by atoms with E-state index in [1.807, 2.05) is 42.5 Å². The van der Waals surface area contributed by atoms with Gasteiger partial charge < -0.3 is 28.6 Å². The van der Waals surface area contributed by atoms with Crippen LogP contribution in [0.2, 0.25) is 0 Å². The Balaban J connectivity index is 1.42. The zero-order valence-electron chi connectivity index (χ0n) is 27.4. The van der Waals surface area contributed by atoms with Crippen molar-refractivity contribution in [1.82, 2.24) is 4.90 Å².